The van der Waals surface area contributed by atoms with Crippen molar-refractivity contribution in [2.45, 2.75) is 56.7 Å². The van der Waals surface area contributed by atoms with Crippen molar-refractivity contribution in [3.05, 3.63) is 66.1 Å². The molecule has 0 aliphatic carbocycles. The van der Waals surface area contributed by atoms with Crippen molar-refractivity contribution in [1.29, 1.82) is 0 Å². The second-order valence-corrected chi connectivity index (χ2v) is 9.77. The van der Waals surface area contributed by atoms with Gasteiger partial charge >= 0.3 is 6.36 Å². The van der Waals surface area contributed by atoms with Crippen LogP contribution in [0.4, 0.5) is 13.2 Å². The van der Waals surface area contributed by atoms with Crippen LogP contribution in [0.15, 0.2) is 55.0 Å². The Balaban J connectivity index is 1.23. The van der Waals surface area contributed by atoms with Crippen LogP contribution in [0.25, 0.3) is 11.3 Å². The first-order valence-corrected chi connectivity index (χ1v) is 12.3. The maximum absolute atomic E-state index is 13.1. The Morgan fingerprint density at radius 2 is 1.76 bits per heavy atom. The Bertz CT molecular complexity index is 1320. The van der Waals surface area contributed by atoms with Crippen molar-refractivity contribution in [3.8, 4) is 22.8 Å². The van der Waals surface area contributed by atoms with Crippen molar-refractivity contribution >= 4 is 11.8 Å². The lowest BCUT2D eigenvalue weighted by molar-refractivity contribution is -0.274. The van der Waals surface area contributed by atoms with Crippen LogP contribution in [0.2, 0.25) is 0 Å². The van der Waals surface area contributed by atoms with E-state index in [4.69, 9.17) is 10.5 Å². The van der Waals surface area contributed by atoms with Gasteiger partial charge in [-0.25, -0.2) is 4.98 Å². The summed E-state index contributed by atoms with van der Waals surface area (Å²) >= 11 is 0. The summed E-state index contributed by atoms with van der Waals surface area (Å²) in [4.78, 5) is 31.5. The minimum absolute atomic E-state index is 0.0103. The molecule has 11 heteroatoms. The number of carbonyl (C=O) groups is 2. The van der Waals surface area contributed by atoms with Gasteiger partial charge in [0.05, 0.1) is 24.0 Å². The first-order valence-electron chi connectivity index (χ1n) is 12.3. The topological polar surface area (TPSA) is 99.7 Å². The van der Waals surface area contributed by atoms with E-state index in [9.17, 15) is 22.8 Å². The van der Waals surface area contributed by atoms with Gasteiger partial charge in [-0.3, -0.25) is 9.59 Å². The van der Waals surface area contributed by atoms with Crippen LogP contribution in [0, 0.1) is 0 Å². The fraction of sp³-hybridized carbons (Fsp3) is 0.370. The molecule has 0 spiro atoms. The Labute approximate surface area is 217 Å². The monoisotopic (exact) mass is 528 g/mol. The average molecular weight is 529 g/mol. The summed E-state index contributed by atoms with van der Waals surface area (Å²) in [6.45, 7) is 0. The van der Waals surface area contributed by atoms with E-state index in [1.807, 2.05) is 28.8 Å². The lowest BCUT2D eigenvalue weighted by atomic mass is 9.98. The Kier molecular flexibility index (Phi) is 6.77. The molecule has 2 amide bonds. The second kappa shape index (κ2) is 10.0. The molecule has 2 aliphatic rings. The number of primary amides is 1. The Morgan fingerprint density at radius 3 is 2.34 bits per heavy atom. The molecule has 2 saturated heterocycles. The van der Waals surface area contributed by atoms with Crippen LogP contribution in [-0.4, -0.2) is 50.8 Å². The number of alkyl halides is 3. The van der Waals surface area contributed by atoms with Crippen LogP contribution in [0.1, 0.15) is 41.6 Å². The minimum Gasteiger partial charge on any atom is -0.489 e. The number of aryl methyl sites for hydroxylation is 1. The number of halogens is 3. The molecule has 2 aromatic carbocycles. The first kappa shape index (κ1) is 25.6. The summed E-state index contributed by atoms with van der Waals surface area (Å²) in [7, 11) is 1.86. The lowest BCUT2D eigenvalue weighted by Crippen LogP contribution is -2.49. The molecule has 38 heavy (non-hydrogen) atoms. The number of fused-ring (bicyclic) bond motifs is 2. The summed E-state index contributed by atoms with van der Waals surface area (Å²) in [5.41, 5.74) is 8.01. The third-order valence-corrected chi connectivity index (χ3v) is 7.03. The summed E-state index contributed by atoms with van der Waals surface area (Å²) < 4.78 is 49.1. The fourth-order valence-electron chi connectivity index (χ4n) is 5.43. The third-order valence-electron chi connectivity index (χ3n) is 7.03. The van der Waals surface area contributed by atoms with E-state index in [-0.39, 0.29) is 41.8 Å². The second-order valence-electron chi connectivity index (χ2n) is 9.77. The molecule has 0 unspecified atom stereocenters. The highest BCUT2D eigenvalue weighted by Gasteiger charge is 2.44. The molecular weight excluding hydrogens is 501 g/mol. The first-order chi connectivity index (χ1) is 18.1. The number of carbonyl (C=O) groups excluding carboxylic acids is 2. The van der Waals surface area contributed by atoms with Crippen molar-refractivity contribution in [3.63, 3.8) is 0 Å². The molecule has 5 rings (SSSR count). The van der Waals surface area contributed by atoms with Gasteiger partial charge in [0.25, 0.3) is 5.91 Å². The van der Waals surface area contributed by atoms with Crippen molar-refractivity contribution in [2.24, 2.45) is 12.8 Å². The molecule has 3 aromatic rings. The highest BCUT2D eigenvalue weighted by molar-refractivity contribution is 5.97. The number of rotatable bonds is 7. The van der Waals surface area contributed by atoms with E-state index in [1.165, 1.54) is 24.3 Å². The minimum atomic E-state index is -4.76. The zero-order chi connectivity index (χ0) is 27.0. The van der Waals surface area contributed by atoms with E-state index in [0.29, 0.717) is 29.8 Å². The zero-order valence-corrected chi connectivity index (χ0v) is 20.6. The lowest BCUT2D eigenvalue weighted by Gasteiger charge is -2.39. The smallest absolute Gasteiger partial charge is 0.489 e. The number of hydrogen-bond donors (Lipinski definition) is 1. The molecule has 3 atom stereocenters. The summed E-state index contributed by atoms with van der Waals surface area (Å²) in [5, 5.41) is 0. The molecular formula is C27H27F3N4O4. The third kappa shape index (κ3) is 5.61. The predicted octanol–water partition coefficient (Wildman–Crippen LogP) is 4.23. The number of imidazole rings is 1. The van der Waals surface area contributed by atoms with Gasteiger partial charge in [-0.05, 0) is 48.7 Å². The molecule has 0 radical (unpaired) electrons. The van der Waals surface area contributed by atoms with Crippen LogP contribution in [-0.2, 0) is 18.3 Å². The van der Waals surface area contributed by atoms with Gasteiger partial charge in [0, 0.05) is 43.7 Å². The number of hydrogen-bond acceptors (Lipinski definition) is 5. The van der Waals surface area contributed by atoms with E-state index in [2.05, 4.69) is 9.72 Å². The molecule has 2 fully saturated rings. The van der Waals surface area contributed by atoms with Gasteiger partial charge in [0.15, 0.2) is 0 Å². The predicted molar refractivity (Wildman–Crippen MR) is 131 cm³/mol. The molecule has 1 aromatic heterocycles. The number of amides is 2. The van der Waals surface area contributed by atoms with Crippen LogP contribution >= 0.6 is 0 Å². The van der Waals surface area contributed by atoms with Gasteiger partial charge in [-0.1, -0.05) is 12.1 Å². The number of ether oxygens (including phenoxy) is 2. The maximum atomic E-state index is 13.1. The number of piperidine rings is 1. The number of nitrogens with zero attached hydrogens (tertiary/aromatic N) is 3. The SMILES string of the molecule is Cn1cnc(-c2ccc(O[C@@H]3C[C@H]4CC[C@@H](C3)N4C(=O)Cc3ccc(OC(F)(F)F)cc3)c(C(N)=O)c2)c1. The van der Waals surface area contributed by atoms with Gasteiger partial charge in [-0.15, -0.1) is 13.2 Å². The highest BCUT2D eigenvalue weighted by atomic mass is 19.4. The molecule has 8 nitrogen and oxygen atoms in total. The van der Waals surface area contributed by atoms with E-state index in [1.54, 1.807) is 18.5 Å². The Morgan fingerprint density at radius 1 is 1.08 bits per heavy atom. The van der Waals surface area contributed by atoms with E-state index in [0.717, 1.165) is 18.4 Å². The maximum Gasteiger partial charge on any atom is 0.573 e. The van der Waals surface area contributed by atoms with E-state index >= 15 is 0 Å². The number of benzene rings is 2. The van der Waals surface area contributed by atoms with Crippen LogP contribution in [0.3, 0.4) is 0 Å². The molecule has 0 saturated carbocycles. The molecule has 2 N–H and O–H groups in total. The fourth-order valence-corrected chi connectivity index (χ4v) is 5.43. The van der Waals surface area contributed by atoms with Crippen LogP contribution in [0.5, 0.6) is 11.5 Å². The zero-order valence-electron chi connectivity index (χ0n) is 20.6. The molecule has 3 heterocycles. The Hall–Kier alpha value is -4.02. The summed E-state index contributed by atoms with van der Waals surface area (Å²) in [6, 6.07) is 10.6. The molecule has 200 valence electrons. The van der Waals surface area contributed by atoms with E-state index < -0.39 is 12.3 Å². The van der Waals surface area contributed by atoms with Gasteiger partial charge in [0.1, 0.15) is 17.6 Å². The number of aromatic nitrogens is 2. The summed E-state index contributed by atoms with van der Waals surface area (Å²) in [5.74, 6) is -0.587. The van der Waals surface area contributed by atoms with Crippen molar-refractivity contribution < 1.29 is 32.2 Å². The molecule has 2 aliphatic heterocycles. The highest BCUT2D eigenvalue weighted by Crippen LogP contribution is 2.38. The normalized spacial score (nSPS) is 20.8. The molecule has 2 bridgehead atoms. The standard InChI is InChI=1S/C27H27F3N4O4/c1-33-14-23(32-15-33)17-4-9-24(22(11-17)26(31)36)37-21-12-18-5-6-19(13-21)34(18)25(35)10-16-2-7-20(8-3-16)38-27(28,29)30/h2-4,7-9,11,14-15,18-19,21H,5-6,10,12-13H2,1H3,(H2,31,36)/t18-,19+,21-. The largest absolute Gasteiger partial charge is 0.573 e. The quantitative estimate of drug-likeness (QED) is 0.495. The van der Waals surface area contributed by atoms with Gasteiger partial charge < -0.3 is 24.7 Å². The summed E-state index contributed by atoms with van der Waals surface area (Å²) in [6.07, 6.45) is 1.57. The van der Waals surface area contributed by atoms with Gasteiger partial charge in [0.2, 0.25) is 5.91 Å². The van der Waals surface area contributed by atoms with Gasteiger partial charge in [-0.2, -0.15) is 0 Å². The number of nitrogens with two attached hydrogens (primary N) is 1. The van der Waals surface area contributed by atoms with Crippen LogP contribution < -0.4 is 15.2 Å². The average Bonchev–Trinajstić information content (AvgIpc) is 3.40. The van der Waals surface area contributed by atoms with Crippen molar-refractivity contribution in [2.75, 3.05) is 0 Å². The van der Waals surface area contributed by atoms with Crippen molar-refractivity contribution in [1.82, 2.24) is 14.5 Å².